The van der Waals surface area contributed by atoms with Crippen molar-refractivity contribution in [3.63, 3.8) is 0 Å². The predicted molar refractivity (Wildman–Crippen MR) is 96.8 cm³/mol. The van der Waals surface area contributed by atoms with Crippen molar-refractivity contribution >= 4 is 28.3 Å². The smallest absolute Gasteiger partial charge is 0.253 e. The van der Waals surface area contributed by atoms with E-state index >= 15 is 0 Å². The number of hydrogen-bond acceptors (Lipinski definition) is 4. The van der Waals surface area contributed by atoms with Crippen LogP contribution in [0.3, 0.4) is 0 Å². The SMILES string of the molecule is CCNS(=O)(=O)c1cccc(C(=O)N2CCC(N)C(C)(C)C2)c1.Cl. The second-order valence-electron chi connectivity index (χ2n) is 6.64. The molecule has 1 atom stereocenters. The molecule has 6 nitrogen and oxygen atoms in total. The fourth-order valence-corrected chi connectivity index (χ4v) is 3.89. The highest BCUT2D eigenvalue weighted by molar-refractivity contribution is 7.89. The number of amides is 1. The van der Waals surface area contributed by atoms with Crippen LogP contribution in [0.5, 0.6) is 0 Å². The highest BCUT2D eigenvalue weighted by atomic mass is 35.5. The Hall–Kier alpha value is -1.15. The fourth-order valence-electron chi connectivity index (χ4n) is 2.80. The third kappa shape index (κ3) is 4.47. The van der Waals surface area contributed by atoms with Crippen LogP contribution in [-0.4, -0.2) is 44.9 Å². The summed E-state index contributed by atoms with van der Waals surface area (Å²) in [6, 6.07) is 6.23. The molecule has 1 fully saturated rings. The Bertz CT molecular complexity index is 692. The van der Waals surface area contributed by atoms with Crippen LogP contribution >= 0.6 is 12.4 Å². The molecule has 2 rings (SSSR count). The molecule has 0 aromatic heterocycles. The largest absolute Gasteiger partial charge is 0.338 e. The zero-order valence-corrected chi connectivity index (χ0v) is 15.9. The van der Waals surface area contributed by atoms with E-state index in [-0.39, 0.29) is 34.7 Å². The van der Waals surface area contributed by atoms with Gasteiger partial charge in [0.05, 0.1) is 4.90 Å². The summed E-state index contributed by atoms with van der Waals surface area (Å²) in [5, 5.41) is 0. The fraction of sp³-hybridized carbons (Fsp3) is 0.562. The molecule has 24 heavy (non-hydrogen) atoms. The van der Waals surface area contributed by atoms with Crippen molar-refractivity contribution in [3.8, 4) is 0 Å². The van der Waals surface area contributed by atoms with E-state index in [4.69, 9.17) is 5.73 Å². The van der Waals surface area contributed by atoms with Crippen molar-refractivity contribution in [2.75, 3.05) is 19.6 Å². The summed E-state index contributed by atoms with van der Waals surface area (Å²) in [6.45, 7) is 7.27. The van der Waals surface area contributed by atoms with E-state index in [0.29, 0.717) is 25.2 Å². The first kappa shape index (κ1) is 20.9. The molecule has 1 saturated heterocycles. The molecule has 1 aromatic rings. The summed E-state index contributed by atoms with van der Waals surface area (Å²) in [5.74, 6) is -0.154. The summed E-state index contributed by atoms with van der Waals surface area (Å²) in [5.41, 5.74) is 6.34. The van der Waals surface area contributed by atoms with Crippen LogP contribution in [0.15, 0.2) is 29.2 Å². The zero-order chi connectivity index (χ0) is 17.3. The second-order valence-corrected chi connectivity index (χ2v) is 8.41. The van der Waals surface area contributed by atoms with Crippen LogP contribution in [0, 0.1) is 5.41 Å². The highest BCUT2D eigenvalue weighted by Gasteiger charge is 2.35. The van der Waals surface area contributed by atoms with Gasteiger partial charge in [0, 0.05) is 31.2 Å². The van der Waals surface area contributed by atoms with E-state index in [1.54, 1.807) is 24.0 Å². The van der Waals surface area contributed by atoms with Gasteiger partial charge in [-0.1, -0.05) is 26.8 Å². The molecule has 0 bridgehead atoms. The standard InChI is InChI=1S/C16H25N3O3S.ClH/c1-4-18-23(21,22)13-7-5-6-12(10-13)15(20)19-9-8-14(17)16(2,3)11-19;/h5-7,10,14,18H,4,8-9,11,17H2,1-3H3;1H. The minimum Gasteiger partial charge on any atom is -0.338 e. The molecule has 1 aromatic carbocycles. The van der Waals surface area contributed by atoms with Gasteiger partial charge in [0.1, 0.15) is 0 Å². The van der Waals surface area contributed by atoms with Crippen LogP contribution < -0.4 is 10.5 Å². The van der Waals surface area contributed by atoms with Crippen molar-refractivity contribution in [1.82, 2.24) is 9.62 Å². The third-order valence-electron chi connectivity index (χ3n) is 4.33. The average Bonchev–Trinajstić information content (AvgIpc) is 2.49. The van der Waals surface area contributed by atoms with Crippen LogP contribution in [0.1, 0.15) is 37.6 Å². The molecule has 1 aliphatic rings. The van der Waals surface area contributed by atoms with Crippen molar-refractivity contribution in [1.29, 1.82) is 0 Å². The van der Waals surface area contributed by atoms with Gasteiger partial charge in [0.2, 0.25) is 10.0 Å². The number of nitrogens with one attached hydrogen (secondary N) is 1. The van der Waals surface area contributed by atoms with Gasteiger partial charge in [0.15, 0.2) is 0 Å². The predicted octanol–water partition coefficient (Wildman–Crippen LogP) is 1.61. The maximum atomic E-state index is 12.7. The van der Waals surface area contributed by atoms with Crippen LogP contribution in [0.2, 0.25) is 0 Å². The number of benzene rings is 1. The Kier molecular flexibility index (Phi) is 6.81. The van der Waals surface area contributed by atoms with Gasteiger partial charge in [-0.15, -0.1) is 12.4 Å². The molecule has 8 heteroatoms. The molecular formula is C16H26ClN3O3S. The Morgan fingerprint density at radius 1 is 1.42 bits per heavy atom. The second kappa shape index (κ2) is 7.82. The van der Waals surface area contributed by atoms with Gasteiger partial charge >= 0.3 is 0 Å². The molecule has 1 aliphatic heterocycles. The number of nitrogens with two attached hydrogens (primary N) is 1. The number of sulfonamides is 1. The van der Waals surface area contributed by atoms with E-state index in [0.717, 1.165) is 6.42 Å². The molecule has 0 spiro atoms. The number of carbonyl (C=O) groups is 1. The lowest BCUT2D eigenvalue weighted by atomic mass is 9.79. The molecule has 136 valence electrons. The summed E-state index contributed by atoms with van der Waals surface area (Å²) >= 11 is 0. The van der Waals surface area contributed by atoms with Gasteiger partial charge in [-0.25, -0.2) is 13.1 Å². The summed E-state index contributed by atoms with van der Waals surface area (Å²) in [7, 11) is -3.57. The van der Waals surface area contributed by atoms with Gasteiger partial charge in [0.25, 0.3) is 5.91 Å². The maximum Gasteiger partial charge on any atom is 0.253 e. The highest BCUT2D eigenvalue weighted by Crippen LogP contribution is 2.28. The van der Waals surface area contributed by atoms with E-state index in [9.17, 15) is 13.2 Å². The Labute approximate surface area is 150 Å². The molecular weight excluding hydrogens is 350 g/mol. The Morgan fingerprint density at radius 3 is 2.67 bits per heavy atom. The van der Waals surface area contributed by atoms with Crippen LogP contribution in [-0.2, 0) is 10.0 Å². The van der Waals surface area contributed by atoms with Gasteiger partial charge in [-0.05, 0) is 30.0 Å². The molecule has 1 unspecified atom stereocenters. The summed E-state index contributed by atoms with van der Waals surface area (Å²) in [6.07, 6.45) is 0.744. The third-order valence-corrected chi connectivity index (χ3v) is 5.87. The summed E-state index contributed by atoms with van der Waals surface area (Å²) in [4.78, 5) is 14.6. The first-order chi connectivity index (χ1) is 10.7. The molecule has 1 heterocycles. The van der Waals surface area contributed by atoms with Gasteiger partial charge in [-0.2, -0.15) is 0 Å². The molecule has 1 amide bonds. The van der Waals surface area contributed by atoms with E-state index in [1.807, 2.05) is 13.8 Å². The lowest BCUT2D eigenvalue weighted by Crippen LogP contribution is -2.54. The Morgan fingerprint density at radius 2 is 2.08 bits per heavy atom. The molecule has 0 saturated carbocycles. The normalized spacial score (nSPS) is 20.3. The Balaban J connectivity index is 0.00000288. The number of rotatable bonds is 4. The number of halogens is 1. The van der Waals surface area contributed by atoms with Gasteiger partial charge in [-0.3, -0.25) is 4.79 Å². The van der Waals surface area contributed by atoms with Crippen molar-refractivity contribution in [2.45, 2.75) is 38.1 Å². The maximum absolute atomic E-state index is 12.7. The first-order valence-electron chi connectivity index (χ1n) is 7.82. The lowest BCUT2D eigenvalue weighted by molar-refractivity contribution is 0.0533. The zero-order valence-electron chi connectivity index (χ0n) is 14.3. The minimum atomic E-state index is -3.57. The minimum absolute atomic E-state index is 0. The van der Waals surface area contributed by atoms with Crippen LogP contribution in [0.25, 0.3) is 0 Å². The van der Waals surface area contributed by atoms with Crippen LogP contribution in [0.4, 0.5) is 0 Å². The molecule has 3 N–H and O–H groups in total. The topological polar surface area (TPSA) is 92.5 Å². The molecule has 0 radical (unpaired) electrons. The number of carbonyl (C=O) groups excluding carboxylic acids is 1. The first-order valence-corrected chi connectivity index (χ1v) is 9.30. The average molecular weight is 376 g/mol. The van der Waals surface area contributed by atoms with Crippen molar-refractivity contribution in [2.24, 2.45) is 11.1 Å². The number of piperidine rings is 1. The lowest BCUT2D eigenvalue weighted by Gasteiger charge is -2.42. The quantitative estimate of drug-likeness (QED) is 0.836. The number of hydrogen-bond donors (Lipinski definition) is 2. The van der Waals surface area contributed by atoms with E-state index in [2.05, 4.69) is 4.72 Å². The number of likely N-dealkylation sites (tertiary alicyclic amines) is 1. The van der Waals surface area contributed by atoms with E-state index in [1.165, 1.54) is 12.1 Å². The van der Waals surface area contributed by atoms with Crippen molar-refractivity contribution in [3.05, 3.63) is 29.8 Å². The van der Waals surface area contributed by atoms with Gasteiger partial charge < -0.3 is 10.6 Å². The molecule has 0 aliphatic carbocycles. The summed E-state index contributed by atoms with van der Waals surface area (Å²) < 4.78 is 26.6. The monoisotopic (exact) mass is 375 g/mol. The van der Waals surface area contributed by atoms with Crippen molar-refractivity contribution < 1.29 is 13.2 Å². The van der Waals surface area contributed by atoms with E-state index < -0.39 is 10.0 Å². The number of nitrogens with zero attached hydrogens (tertiary/aromatic N) is 1.